The molecule has 0 bridgehead atoms. The zero-order valence-electron chi connectivity index (χ0n) is 20.4. The number of rotatable bonds is 9. The molecular formula is C27H26FN5O2S2. The summed E-state index contributed by atoms with van der Waals surface area (Å²) in [5.74, 6) is 0.119. The van der Waals surface area contributed by atoms with Crippen molar-refractivity contribution in [1.82, 2.24) is 14.9 Å². The highest BCUT2D eigenvalue weighted by Gasteiger charge is 2.15. The highest BCUT2D eigenvalue weighted by molar-refractivity contribution is 7.80. The number of aromatic nitrogens is 2. The van der Waals surface area contributed by atoms with Crippen LogP contribution in [0.4, 0.5) is 15.8 Å². The molecule has 0 fully saturated rings. The van der Waals surface area contributed by atoms with Crippen molar-refractivity contribution in [3.05, 3.63) is 83.2 Å². The molecule has 0 spiro atoms. The number of nitrogens with zero attached hydrogens (tertiary/aromatic N) is 3. The van der Waals surface area contributed by atoms with Crippen molar-refractivity contribution in [3.63, 3.8) is 0 Å². The van der Waals surface area contributed by atoms with Gasteiger partial charge in [-0.25, -0.2) is 9.37 Å². The van der Waals surface area contributed by atoms with Gasteiger partial charge in [0, 0.05) is 37.4 Å². The summed E-state index contributed by atoms with van der Waals surface area (Å²) in [4.78, 5) is 23.0. The van der Waals surface area contributed by atoms with Gasteiger partial charge in [0.25, 0.3) is 0 Å². The van der Waals surface area contributed by atoms with Crippen LogP contribution >= 0.6 is 23.6 Å². The van der Waals surface area contributed by atoms with Crippen LogP contribution in [0.2, 0.25) is 0 Å². The first-order valence-electron chi connectivity index (χ1n) is 11.6. The van der Waals surface area contributed by atoms with Crippen LogP contribution in [0, 0.1) is 5.82 Å². The topological polar surface area (TPSA) is 80.5 Å². The number of carbonyl (C=O) groups is 1. The van der Waals surface area contributed by atoms with Crippen molar-refractivity contribution >= 4 is 52.2 Å². The monoisotopic (exact) mass is 535 g/mol. The Labute approximate surface area is 224 Å². The molecule has 37 heavy (non-hydrogen) atoms. The van der Waals surface area contributed by atoms with E-state index < -0.39 is 5.82 Å². The molecule has 0 atom stereocenters. The van der Waals surface area contributed by atoms with Gasteiger partial charge in [-0.05, 0) is 42.4 Å². The molecule has 0 aliphatic rings. The SMILES string of the molecule is CCC=Nc1cc(-c2nccn2C)sc1COc1ccc(NC(=S)NC(=O)Cc2ccccc2)cc1F. The van der Waals surface area contributed by atoms with Crippen molar-refractivity contribution in [2.24, 2.45) is 12.0 Å². The molecule has 4 rings (SSSR count). The summed E-state index contributed by atoms with van der Waals surface area (Å²) < 4.78 is 22.5. The predicted molar refractivity (Wildman–Crippen MR) is 150 cm³/mol. The molecule has 2 aromatic carbocycles. The van der Waals surface area contributed by atoms with Crippen LogP contribution in [0.25, 0.3) is 10.7 Å². The van der Waals surface area contributed by atoms with Gasteiger partial charge in [-0.15, -0.1) is 11.3 Å². The van der Waals surface area contributed by atoms with Gasteiger partial charge in [0.05, 0.1) is 21.9 Å². The lowest BCUT2D eigenvalue weighted by atomic mass is 10.1. The normalized spacial score (nSPS) is 11.0. The molecule has 0 saturated carbocycles. The summed E-state index contributed by atoms with van der Waals surface area (Å²) in [7, 11) is 1.93. The Morgan fingerprint density at radius 3 is 2.76 bits per heavy atom. The van der Waals surface area contributed by atoms with Gasteiger partial charge in [-0.2, -0.15) is 0 Å². The number of imidazole rings is 1. The smallest absolute Gasteiger partial charge is 0.230 e. The van der Waals surface area contributed by atoms with Crippen molar-refractivity contribution in [1.29, 1.82) is 0 Å². The van der Waals surface area contributed by atoms with E-state index >= 15 is 0 Å². The first kappa shape index (κ1) is 26.2. The number of aliphatic imine (C=N–C) groups is 1. The summed E-state index contributed by atoms with van der Waals surface area (Å²) in [6.45, 7) is 2.17. The average Bonchev–Trinajstić information content (AvgIpc) is 3.48. The van der Waals surface area contributed by atoms with Crippen LogP contribution in [-0.2, 0) is 24.9 Å². The second-order valence-electron chi connectivity index (χ2n) is 8.10. The Morgan fingerprint density at radius 1 is 1.24 bits per heavy atom. The first-order valence-corrected chi connectivity index (χ1v) is 12.9. The fourth-order valence-corrected chi connectivity index (χ4v) is 4.78. The van der Waals surface area contributed by atoms with Crippen LogP contribution < -0.4 is 15.4 Å². The quantitative estimate of drug-likeness (QED) is 0.202. The van der Waals surface area contributed by atoms with Gasteiger partial charge in [-0.1, -0.05) is 37.3 Å². The molecule has 2 heterocycles. The van der Waals surface area contributed by atoms with E-state index in [2.05, 4.69) is 20.6 Å². The zero-order valence-corrected chi connectivity index (χ0v) is 22.0. The van der Waals surface area contributed by atoms with Crippen molar-refractivity contribution in [3.8, 4) is 16.5 Å². The van der Waals surface area contributed by atoms with E-state index in [1.54, 1.807) is 12.3 Å². The molecule has 7 nitrogen and oxygen atoms in total. The molecular weight excluding hydrogens is 509 g/mol. The summed E-state index contributed by atoms with van der Waals surface area (Å²) >= 11 is 6.71. The maximum Gasteiger partial charge on any atom is 0.230 e. The van der Waals surface area contributed by atoms with Crippen LogP contribution in [0.1, 0.15) is 23.8 Å². The minimum Gasteiger partial charge on any atom is -0.485 e. The van der Waals surface area contributed by atoms with Gasteiger partial charge in [0.15, 0.2) is 16.7 Å². The Morgan fingerprint density at radius 2 is 2.05 bits per heavy atom. The third-order valence-electron chi connectivity index (χ3n) is 5.25. The van der Waals surface area contributed by atoms with Crippen molar-refractivity contribution < 1.29 is 13.9 Å². The molecule has 1 amide bonds. The minimum atomic E-state index is -0.553. The molecule has 0 aliphatic heterocycles. The van der Waals surface area contributed by atoms with Gasteiger partial charge >= 0.3 is 0 Å². The number of anilines is 1. The van der Waals surface area contributed by atoms with E-state index in [1.807, 2.05) is 67.3 Å². The lowest BCUT2D eigenvalue weighted by molar-refractivity contribution is -0.119. The number of carbonyl (C=O) groups excluding carboxylic acids is 1. The third-order valence-corrected chi connectivity index (χ3v) is 6.55. The molecule has 0 radical (unpaired) electrons. The third kappa shape index (κ3) is 7.08. The van der Waals surface area contributed by atoms with Crippen LogP contribution in [0.15, 0.2) is 72.0 Å². The Hall–Kier alpha value is -3.89. The molecule has 0 aliphatic carbocycles. The van der Waals surface area contributed by atoms with E-state index in [4.69, 9.17) is 17.0 Å². The highest BCUT2D eigenvalue weighted by Crippen LogP contribution is 2.36. The number of hydrogen-bond acceptors (Lipinski definition) is 6. The van der Waals surface area contributed by atoms with E-state index in [9.17, 15) is 9.18 Å². The standard InChI is InChI=1S/C27H26FN5O2S2/c1-3-11-29-21-16-23(26-30-12-13-33(26)2)37-24(21)17-35-22-10-9-19(15-20(22)28)31-27(36)32-25(34)14-18-7-5-4-6-8-18/h4-13,15-16H,3,14,17H2,1-2H3,(H2,31,32,34,36). The Bertz CT molecular complexity index is 1420. The second-order valence-corrected chi connectivity index (χ2v) is 9.64. The molecule has 0 saturated heterocycles. The highest BCUT2D eigenvalue weighted by atomic mass is 32.1. The largest absolute Gasteiger partial charge is 0.485 e. The van der Waals surface area contributed by atoms with E-state index in [0.29, 0.717) is 5.69 Å². The minimum absolute atomic E-state index is 0.0906. The number of hydrogen-bond donors (Lipinski definition) is 2. The van der Waals surface area contributed by atoms with Crippen molar-refractivity contribution in [2.45, 2.75) is 26.4 Å². The average molecular weight is 536 g/mol. The number of thiocarbonyl (C=S) groups is 1. The summed E-state index contributed by atoms with van der Waals surface area (Å²) in [5.41, 5.74) is 2.05. The van der Waals surface area contributed by atoms with Crippen LogP contribution in [0.3, 0.4) is 0 Å². The van der Waals surface area contributed by atoms with E-state index in [-0.39, 0.29) is 29.8 Å². The summed E-state index contributed by atoms with van der Waals surface area (Å²) in [6, 6.07) is 15.7. The summed E-state index contributed by atoms with van der Waals surface area (Å²) in [6.07, 6.45) is 6.44. The number of nitrogens with one attached hydrogen (secondary N) is 2. The zero-order chi connectivity index (χ0) is 26.2. The molecule has 0 unspecified atom stereocenters. The number of ether oxygens (including phenoxy) is 1. The molecule has 10 heteroatoms. The molecule has 2 N–H and O–H groups in total. The van der Waals surface area contributed by atoms with E-state index in [1.165, 1.54) is 23.5 Å². The number of halogens is 1. The lowest BCUT2D eigenvalue weighted by Crippen LogP contribution is -2.35. The van der Waals surface area contributed by atoms with Gasteiger partial charge in [0.2, 0.25) is 5.91 Å². The van der Waals surface area contributed by atoms with Crippen LogP contribution in [-0.4, -0.2) is 26.8 Å². The maximum absolute atomic E-state index is 14.8. The molecule has 2 aromatic heterocycles. The number of amides is 1. The first-order chi connectivity index (χ1) is 17.9. The fraction of sp³-hybridized carbons (Fsp3) is 0.185. The Balaban J connectivity index is 1.38. The van der Waals surface area contributed by atoms with Gasteiger partial charge in [-0.3, -0.25) is 9.79 Å². The maximum atomic E-state index is 14.8. The predicted octanol–water partition coefficient (Wildman–Crippen LogP) is 6.03. The fourth-order valence-electron chi connectivity index (χ4n) is 3.49. The number of thiophene rings is 1. The van der Waals surface area contributed by atoms with E-state index in [0.717, 1.165) is 33.3 Å². The van der Waals surface area contributed by atoms with Crippen molar-refractivity contribution in [2.75, 3.05) is 5.32 Å². The number of aryl methyl sites for hydroxylation is 1. The molecule has 190 valence electrons. The number of benzene rings is 2. The second kappa shape index (κ2) is 12.4. The molecule has 4 aromatic rings. The summed E-state index contributed by atoms with van der Waals surface area (Å²) in [5, 5.41) is 5.53. The van der Waals surface area contributed by atoms with Gasteiger partial charge < -0.3 is 19.9 Å². The Kier molecular flexibility index (Phi) is 8.76. The van der Waals surface area contributed by atoms with Crippen LogP contribution in [0.5, 0.6) is 5.75 Å². The lowest BCUT2D eigenvalue weighted by Gasteiger charge is -2.12. The van der Waals surface area contributed by atoms with Gasteiger partial charge in [0.1, 0.15) is 12.4 Å².